The molecule has 2 N–H and O–H groups in total. The van der Waals surface area contributed by atoms with E-state index in [4.69, 9.17) is 11.6 Å². The van der Waals surface area contributed by atoms with Gasteiger partial charge in [0.1, 0.15) is 10.8 Å². The lowest BCUT2D eigenvalue weighted by molar-refractivity contribution is 0.660. The van der Waals surface area contributed by atoms with Gasteiger partial charge in [0.05, 0.1) is 12.5 Å². The Labute approximate surface area is 110 Å². The molecule has 18 heavy (non-hydrogen) atoms. The van der Waals surface area contributed by atoms with E-state index in [9.17, 15) is 0 Å². The fourth-order valence-corrected chi connectivity index (χ4v) is 1.66. The summed E-state index contributed by atoms with van der Waals surface area (Å²) in [6, 6.07) is 0. The average molecular weight is 267 g/mol. The van der Waals surface area contributed by atoms with E-state index in [1.165, 1.54) is 0 Å². The summed E-state index contributed by atoms with van der Waals surface area (Å²) in [4.78, 5) is 12.2. The third-order valence-corrected chi connectivity index (χ3v) is 2.69. The molecule has 7 heteroatoms. The standard InChI is InChI=1S/C11H15ClN6/c1-13-11-16-7-9(12)10(17-11)15-3-2-5-18-6-4-14-8-18/h4,6-8H,2-3,5H2,1H3,(H2,13,15,16,17). The number of aromatic nitrogens is 4. The zero-order chi connectivity index (χ0) is 12.8. The third kappa shape index (κ3) is 3.33. The maximum absolute atomic E-state index is 6.00. The number of imidazole rings is 1. The first-order valence-corrected chi connectivity index (χ1v) is 6.07. The van der Waals surface area contributed by atoms with E-state index in [1.54, 1.807) is 25.8 Å². The van der Waals surface area contributed by atoms with Gasteiger partial charge >= 0.3 is 0 Å². The summed E-state index contributed by atoms with van der Waals surface area (Å²) in [5.41, 5.74) is 0. The molecule has 0 aliphatic heterocycles. The highest BCUT2D eigenvalue weighted by atomic mass is 35.5. The summed E-state index contributed by atoms with van der Waals surface area (Å²) >= 11 is 6.00. The Kier molecular flexibility index (Phi) is 4.35. The fourth-order valence-electron chi connectivity index (χ4n) is 1.50. The van der Waals surface area contributed by atoms with Crippen molar-refractivity contribution in [1.29, 1.82) is 0 Å². The van der Waals surface area contributed by atoms with Crippen LogP contribution in [0.3, 0.4) is 0 Å². The molecule has 2 aromatic heterocycles. The number of nitrogens with zero attached hydrogens (tertiary/aromatic N) is 4. The lowest BCUT2D eigenvalue weighted by Crippen LogP contribution is -2.08. The summed E-state index contributed by atoms with van der Waals surface area (Å²) in [7, 11) is 1.77. The Morgan fingerprint density at radius 3 is 3.06 bits per heavy atom. The van der Waals surface area contributed by atoms with Crippen molar-refractivity contribution in [2.75, 3.05) is 24.2 Å². The van der Waals surface area contributed by atoms with Gasteiger partial charge in [-0.2, -0.15) is 4.98 Å². The van der Waals surface area contributed by atoms with Crippen molar-refractivity contribution < 1.29 is 0 Å². The fraction of sp³-hybridized carbons (Fsp3) is 0.364. The molecular weight excluding hydrogens is 252 g/mol. The first kappa shape index (κ1) is 12.6. The highest BCUT2D eigenvalue weighted by Crippen LogP contribution is 2.18. The number of aryl methyl sites for hydroxylation is 1. The van der Waals surface area contributed by atoms with E-state index in [0.29, 0.717) is 16.8 Å². The second-order valence-corrected chi connectivity index (χ2v) is 4.13. The smallest absolute Gasteiger partial charge is 0.224 e. The van der Waals surface area contributed by atoms with E-state index in [1.807, 2.05) is 10.8 Å². The van der Waals surface area contributed by atoms with Gasteiger partial charge < -0.3 is 15.2 Å². The Morgan fingerprint density at radius 1 is 1.44 bits per heavy atom. The van der Waals surface area contributed by atoms with Crippen LogP contribution in [0, 0.1) is 0 Å². The minimum Gasteiger partial charge on any atom is -0.369 e. The molecule has 0 bridgehead atoms. The predicted molar refractivity (Wildman–Crippen MR) is 71.9 cm³/mol. The van der Waals surface area contributed by atoms with Crippen molar-refractivity contribution in [3.63, 3.8) is 0 Å². The molecule has 0 unspecified atom stereocenters. The van der Waals surface area contributed by atoms with Crippen LogP contribution >= 0.6 is 11.6 Å². The first-order chi connectivity index (χ1) is 8.79. The third-order valence-electron chi connectivity index (χ3n) is 2.41. The molecule has 0 fully saturated rings. The minimum atomic E-state index is 0.525. The van der Waals surface area contributed by atoms with Crippen LogP contribution in [-0.2, 0) is 6.54 Å². The van der Waals surface area contributed by atoms with Gasteiger partial charge in [0.2, 0.25) is 5.95 Å². The minimum absolute atomic E-state index is 0.525. The van der Waals surface area contributed by atoms with E-state index in [2.05, 4.69) is 25.6 Å². The molecule has 96 valence electrons. The second kappa shape index (κ2) is 6.20. The molecule has 0 aromatic carbocycles. The summed E-state index contributed by atoms with van der Waals surface area (Å²) in [6.45, 7) is 1.70. The second-order valence-electron chi connectivity index (χ2n) is 3.72. The van der Waals surface area contributed by atoms with Crippen LogP contribution in [0.15, 0.2) is 24.9 Å². The lowest BCUT2D eigenvalue weighted by atomic mass is 10.4. The van der Waals surface area contributed by atoms with Crippen LogP contribution < -0.4 is 10.6 Å². The zero-order valence-electron chi connectivity index (χ0n) is 10.1. The van der Waals surface area contributed by atoms with Crippen LogP contribution in [0.4, 0.5) is 11.8 Å². The monoisotopic (exact) mass is 266 g/mol. The lowest BCUT2D eigenvalue weighted by Gasteiger charge is -2.08. The van der Waals surface area contributed by atoms with Crippen LogP contribution in [0.2, 0.25) is 5.02 Å². The van der Waals surface area contributed by atoms with Gasteiger partial charge in [0, 0.05) is 32.5 Å². The SMILES string of the molecule is CNc1ncc(Cl)c(NCCCn2ccnc2)n1. The Hall–Kier alpha value is -1.82. The van der Waals surface area contributed by atoms with Crippen molar-refractivity contribution in [2.45, 2.75) is 13.0 Å². The highest BCUT2D eigenvalue weighted by molar-refractivity contribution is 6.32. The predicted octanol–water partition coefficient (Wildman–Crippen LogP) is 1.87. The Bertz CT molecular complexity index is 484. The molecule has 2 heterocycles. The van der Waals surface area contributed by atoms with Gasteiger partial charge in [-0.25, -0.2) is 9.97 Å². The molecule has 0 spiro atoms. The number of halogens is 1. The first-order valence-electron chi connectivity index (χ1n) is 5.69. The summed E-state index contributed by atoms with van der Waals surface area (Å²) in [5, 5.41) is 6.59. The molecule has 0 amide bonds. The van der Waals surface area contributed by atoms with Crippen LogP contribution in [0.25, 0.3) is 0 Å². The highest BCUT2D eigenvalue weighted by Gasteiger charge is 2.03. The Morgan fingerprint density at radius 2 is 2.33 bits per heavy atom. The molecule has 0 atom stereocenters. The summed E-state index contributed by atoms with van der Waals surface area (Å²) in [6.07, 6.45) is 8.06. The van der Waals surface area contributed by atoms with Gasteiger partial charge in [-0.15, -0.1) is 0 Å². The molecule has 0 saturated carbocycles. The number of rotatable bonds is 6. The van der Waals surface area contributed by atoms with Gasteiger partial charge in [0.15, 0.2) is 0 Å². The van der Waals surface area contributed by atoms with Crippen LogP contribution in [0.1, 0.15) is 6.42 Å². The largest absolute Gasteiger partial charge is 0.369 e. The molecular formula is C11H15ClN6. The molecule has 0 saturated heterocycles. The maximum atomic E-state index is 6.00. The summed E-state index contributed by atoms with van der Waals surface area (Å²) < 4.78 is 2.03. The Balaban J connectivity index is 1.82. The zero-order valence-corrected chi connectivity index (χ0v) is 10.9. The van der Waals surface area contributed by atoms with E-state index < -0.39 is 0 Å². The van der Waals surface area contributed by atoms with Crippen molar-refractivity contribution >= 4 is 23.4 Å². The topological polar surface area (TPSA) is 67.7 Å². The number of nitrogens with one attached hydrogen (secondary N) is 2. The molecule has 0 aliphatic rings. The normalized spacial score (nSPS) is 10.3. The van der Waals surface area contributed by atoms with Gasteiger partial charge in [0.25, 0.3) is 0 Å². The molecule has 0 aliphatic carbocycles. The number of hydrogen-bond donors (Lipinski definition) is 2. The van der Waals surface area contributed by atoms with Crippen molar-refractivity contribution in [1.82, 2.24) is 19.5 Å². The molecule has 6 nitrogen and oxygen atoms in total. The van der Waals surface area contributed by atoms with E-state index in [0.717, 1.165) is 19.5 Å². The van der Waals surface area contributed by atoms with Crippen molar-refractivity contribution in [3.05, 3.63) is 29.9 Å². The number of hydrogen-bond acceptors (Lipinski definition) is 5. The molecule has 2 aromatic rings. The number of anilines is 2. The summed E-state index contributed by atoms with van der Waals surface area (Å²) in [5.74, 6) is 1.21. The van der Waals surface area contributed by atoms with Gasteiger partial charge in [-0.05, 0) is 6.42 Å². The maximum Gasteiger partial charge on any atom is 0.224 e. The molecule has 0 radical (unpaired) electrons. The van der Waals surface area contributed by atoms with Gasteiger partial charge in [-0.1, -0.05) is 11.6 Å². The van der Waals surface area contributed by atoms with E-state index >= 15 is 0 Å². The van der Waals surface area contributed by atoms with Crippen LogP contribution in [-0.4, -0.2) is 33.1 Å². The van der Waals surface area contributed by atoms with Crippen molar-refractivity contribution in [2.24, 2.45) is 0 Å². The van der Waals surface area contributed by atoms with Crippen LogP contribution in [0.5, 0.6) is 0 Å². The van der Waals surface area contributed by atoms with Crippen molar-refractivity contribution in [3.8, 4) is 0 Å². The average Bonchev–Trinajstić information content (AvgIpc) is 2.89. The van der Waals surface area contributed by atoms with Gasteiger partial charge in [-0.3, -0.25) is 0 Å². The quantitative estimate of drug-likeness (QED) is 0.782. The molecule has 2 rings (SSSR count). The van der Waals surface area contributed by atoms with E-state index in [-0.39, 0.29) is 0 Å².